The van der Waals surface area contributed by atoms with Crippen LogP contribution in [0.1, 0.15) is 22.3 Å². The first-order chi connectivity index (χ1) is 10.1. The molecule has 1 heterocycles. The molecule has 0 aliphatic rings. The number of aryl methyl sites for hydroxylation is 3. The van der Waals surface area contributed by atoms with E-state index >= 15 is 0 Å². The van der Waals surface area contributed by atoms with E-state index in [2.05, 4.69) is 92.3 Å². The lowest BCUT2D eigenvalue weighted by molar-refractivity contribution is -0.644. The van der Waals surface area contributed by atoms with Crippen LogP contribution in [0.3, 0.4) is 0 Å². The van der Waals surface area contributed by atoms with Gasteiger partial charge in [0.2, 0.25) is 5.52 Å². The van der Waals surface area contributed by atoms with Crippen LogP contribution in [-0.4, -0.2) is 0 Å². The molecule has 0 bridgehead atoms. The molecule has 0 atom stereocenters. The molecule has 0 radical (unpaired) electrons. The minimum atomic E-state index is 1.25. The number of hydrogen-bond donors (Lipinski definition) is 0. The van der Waals surface area contributed by atoms with Gasteiger partial charge in [0.25, 0.3) is 0 Å². The zero-order valence-corrected chi connectivity index (χ0v) is 12.8. The lowest BCUT2D eigenvalue weighted by Crippen LogP contribution is -2.28. The molecule has 0 aliphatic carbocycles. The molecule has 1 nitrogen and oxygen atoms in total. The minimum absolute atomic E-state index is 1.25. The van der Waals surface area contributed by atoms with Gasteiger partial charge in [-0.3, -0.25) is 0 Å². The van der Waals surface area contributed by atoms with E-state index in [-0.39, 0.29) is 0 Å². The number of aromatic nitrogens is 1. The standard InChI is InChI=1S/C20H20N/c1-15-8-9-17(14-16(15)2)10-11-18-12-13-21(3)20-7-5-4-6-19(18)20/h4-14H,1-3H3/q+1/b11-10+. The second-order valence-electron chi connectivity index (χ2n) is 5.58. The lowest BCUT2D eigenvalue weighted by atomic mass is 10.0. The molecule has 21 heavy (non-hydrogen) atoms. The summed E-state index contributed by atoms with van der Waals surface area (Å²) < 4.78 is 2.16. The molecular formula is C20H20N+. The molecule has 3 aromatic rings. The monoisotopic (exact) mass is 274 g/mol. The van der Waals surface area contributed by atoms with E-state index < -0.39 is 0 Å². The Bertz CT molecular complexity index is 828. The van der Waals surface area contributed by atoms with Crippen molar-refractivity contribution in [2.45, 2.75) is 13.8 Å². The summed E-state index contributed by atoms with van der Waals surface area (Å²) in [4.78, 5) is 0. The predicted octanol–water partition coefficient (Wildman–Crippen LogP) is 4.45. The summed E-state index contributed by atoms with van der Waals surface area (Å²) in [6.07, 6.45) is 6.50. The first-order valence-corrected chi connectivity index (χ1v) is 7.28. The van der Waals surface area contributed by atoms with Crippen molar-refractivity contribution >= 4 is 23.1 Å². The molecule has 0 aliphatic heterocycles. The van der Waals surface area contributed by atoms with Crippen molar-refractivity contribution < 1.29 is 4.57 Å². The quantitative estimate of drug-likeness (QED) is 0.608. The van der Waals surface area contributed by atoms with Crippen LogP contribution in [0.25, 0.3) is 23.1 Å². The molecule has 0 saturated carbocycles. The number of para-hydroxylation sites is 1. The topological polar surface area (TPSA) is 3.88 Å². The molecule has 0 unspecified atom stereocenters. The molecule has 0 saturated heterocycles. The molecule has 1 aromatic heterocycles. The van der Waals surface area contributed by atoms with Gasteiger partial charge in [0.1, 0.15) is 7.05 Å². The van der Waals surface area contributed by atoms with Crippen LogP contribution in [0, 0.1) is 13.8 Å². The highest BCUT2D eigenvalue weighted by atomic mass is 14.9. The number of pyridine rings is 1. The van der Waals surface area contributed by atoms with Crippen LogP contribution in [-0.2, 0) is 7.05 Å². The van der Waals surface area contributed by atoms with E-state index in [4.69, 9.17) is 0 Å². The Hall–Kier alpha value is -2.41. The summed E-state index contributed by atoms with van der Waals surface area (Å²) in [7, 11) is 2.08. The maximum Gasteiger partial charge on any atom is 0.212 e. The van der Waals surface area contributed by atoms with Gasteiger partial charge in [0.15, 0.2) is 6.20 Å². The molecule has 1 heteroatoms. The summed E-state index contributed by atoms with van der Waals surface area (Å²) >= 11 is 0. The van der Waals surface area contributed by atoms with Crippen LogP contribution in [0.5, 0.6) is 0 Å². The third-order valence-corrected chi connectivity index (χ3v) is 4.06. The Morgan fingerprint density at radius 3 is 2.48 bits per heavy atom. The van der Waals surface area contributed by atoms with Gasteiger partial charge in [0, 0.05) is 12.1 Å². The molecule has 0 amide bonds. The van der Waals surface area contributed by atoms with Crippen LogP contribution in [0.15, 0.2) is 54.7 Å². The molecule has 0 fully saturated rings. The van der Waals surface area contributed by atoms with E-state index in [0.29, 0.717) is 0 Å². The Morgan fingerprint density at radius 1 is 0.857 bits per heavy atom. The second kappa shape index (κ2) is 5.53. The number of rotatable bonds is 2. The predicted molar refractivity (Wildman–Crippen MR) is 90.0 cm³/mol. The number of fused-ring (bicyclic) bond motifs is 1. The van der Waals surface area contributed by atoms with Gasteiger partial charge in [-0.1, -0.05) is 42.5 Å². The van der Waals surface area contributed by atoms with E-state index in [9.17, 15) is 0 Å². The van der Waals surface area contributed by atoms with Crippen LogP contribution in [0.2, 0.25) is 0 Å². The first-order valence-electron chi connectivity index (χ1n) is 7.28. The Balaban J connectivity index is 2.03. The average molecular weight is 274 g/mol. The summed E-state index contributed by atoms with van der Waals surface area (Å²) in [5.74, 6) is 0. The number of benzene rings is 2. The van der Waals surface area contributed by atoms with Gasteiger partial charge in [0.05, 0.1) is 5.39 Å². The minimum Gasteiger partial charge on any atom is -0.201 e. The molecular weight excluding hydrogens is 254 g/mol. The normalized spacial score (nSPS) is 11.4. The summed E-state index contributed by atoms with van der Waals surface area (Å²) in [6.45, 7) is 4.30. The maximum absolute atomic E-state index is 2.23. The SMILES string of the molecule is Cc1ccc(/C=C/c2cc[n+](C)c3ccccc23)cc1C. The van der Waals surface area contributed by atoms with Gasteiger partial charge in [-0.05, 0) is 42.2 Å². The Morgan fingerprint density at radius 2 is 1.67 bits per heavy atom. The van der Waals surface area contributed by atoms with Crippen molar-refractivity contribution in [3.05, 3.63) is 77.0 Å². The number of nitrogens with zero attached hydrogens (tertiary/aromatic N) is 1. The van der Waals surface area contributed by atoms with Crippen molar-refractivity contribution in [2.24, 2.45) is 7.05 Å². The Kier molecular flexibility index (Phi) is 3.57. The highest BCUT2D eigenvalue weighted by Gasteiger charge is 2.06. The van der Waals surface area contributed by atoms with Crippen molar-refractivity contribution in [2.75, 3.05) is 0 Å². The van der Waals surface area contributed by atoms with Crippen LogP contribution >= 0.6 is 0 Å². The molecule has 104 valence electrons. The lowest BCUT2D eigenvalue weighted by Gasteiger charge is -2.02. The maximum atomic E-state index is 2.23. The van der Waals surface area contributed by atoms with Crippen LogP contribution < -0.4 is 4.57 Å². The molecule has 0 spiro atoms. The second-order valence-corrected chi connectivity index (χ2v) is 5.58. The van der Waals surface area contributed by atoms with E-state index in [1.54, 1.807) is 0 Å². The third-order valence-electron chi connectivity index (χ3n) is 4.06. The molecule has 0 N–H and O–H groups in total. The fourth-order valence-electron chi connectivity index (χ4n) is 2.59. The van der Waals surface area contributed by atoms with Gasteiger partial charge in [-0.25, -0.2) is 4.57 Å². The third kappa shape index (κ3) is 2.73. The van der Waals surface area contributed by atoms with Crippen molar-refractivity contribution in [1.29, 1.82) is 0 Å². The van der Waals surface area contributed by atoms with Gasteiger partial charge < -0.3 is 0 Å². The Labute approximate surface area is 126 Å². The summed E-state index contributed by atoms with van der Waals surface area (Å²) in [5.41, 5.74) is 6.42. The first kappa shape index (κ1) is 13.6. The zero-order valence-electron chi connectivity index (χ0n) is 12.8. The van der Waals surface area contributed by atoms with Gasteiger partial charge >= 0.3 is 0 Å². The largest absolute Gasteiger partial charge is 0.212 e. The highest BCUT2D eigenvalue weighted by molar-refractivity contribution is 5.88. The van der Waals surface area contributed by atoms with Gasteiger partial charge in [-0.2, -0.15) is 0 Å². The average Bonchev–Trinajstić information content (AvgIpc) is 2.50. The van der Waals surface area contributed by atoms with E-state index in [1.165, 1.54) is 33.2 Å². The van der Waals surface area contributed by atoms with Crippen LogP contribution in [0.4, 0.5) is 0 Å². The van der Waals surface area contributed by atoms with Crippen molar-refractivity contribution in [3.8, 4) is 0 Å². The fraction of sp³-hybridized carbons (Fsp3) is 0.150. The van der Waals surface area contributed by atoms with E-state index in [0.717, 1.165) is 0 Å². The summed E-state index contributed by atoms with van der Waals surface area (Å²) in [5, 5.41) is 1.28. The fourth-order valence-corrected chi connectivity index (χ4v) is 2.59. The van der Waals surface area contributed by atoms with Crippen molar-refractivity contribution in [1.82, 2.24) is 0 Å². The van der Waals surface area contributed by atoms with Crippen molar-refractivity contribution in [3.63, 3.8) is 0 Å². The highest BCUT2D eigenvalue weighted by Crippen LogP contribution is 2.18. The number of hydrogen-bond acceptors (Lipinski definition) is 0. The van der Waals surface area contributed by atoms with Gasteiger partial charge in [-0.15, -0.1) is 0 Å². The van der Waals surface area contributed by atoms with E-state index in [1.807, 2.05) is 0 Å². The summed E-state index contributed by atoms with van der Waals surface area (Å²) in [6, 6.07) is 17.3. The smallest absolute Gasteiger partial charge is 0.201 e. The zero-order chi connectivity index (χ0) is 14.8. The molecule has 3 rings (SSSR count). The molecule has 2 aromatic carbocycles.